The molecule has 1 aromatic heterocycles. The van der Waals surface area contributed by atoms with Crippen molar-refractivity contribution in [2.75, 3.05) is 19.3 Å². The van der Waals surface area contributed by atoms with Crippen molar-refractivity contribution in [1.82, 2.24) is 9.88 Å². The van der Waals surface area contributed by atoms with Crippen molar-refractivity contribution in [3.05, 3.63) is 64.3 Å². The van der Waals surface area contributed by atoms with Crippen molar-refractivity contribution in [2.45, 2.75) is 63.9 Å². The van der Waals surface area contributed by atoms with Gasteiger partial charge in [-0.2, -0.15) is 0 Å². The van der Waals surface area contributed by atoms with Gasteiger partial charge < -0.3 is 4.98 Å². The summed E-state index contributed by atoms with van der Waals surface area (Å²) in [5, 5.41) is 0.989. The minimum absolute atomic E-state index is 0.116. The zero-order chi connectivity index (χ0) is 23.9. The number of aromatic amines is 1. The van der Waals surface area contributed by atoms with Crippen molar-refractivity contribution in [3.63, 3.8) is 0 Å². The molecule has 3 aromatic rings. The van der Waals surface area contributed by atoms with Gasteiger partial charge in [0.2, 0.25) is 0 Å². The highest BCUT2D eigenvalue weighted by molar-refractivity contribution is 7.99. The molecule has 2 aromatic carbocycles. The van der Waals surface area contributed by atoms with Crippen LogP contribution < -0.4 is 0 Å². The van der Waals surface area contributed by atoms with E-state index in [2.05, 4.69) is 74.6 Å². The zero-order valence-corrected chi connectivity index (χ0v) is 21.6. The highest BCUT2D eigenvalue weighted by Crippen LogP contribution is 2.44. The van der Waals surface area contributed by atoms with E-state index < -0.39 is 0 Å². The van der Waals surface area contributed by atoms with Crippen LogP contribution in [0, 0.1) is 0 Å². The van der Waals surface area contributed by atoms with Crippen LogP contribution in [0.3, 0.4) is 0 Å². The number of nitrogens with zero attached hydrogens (tertiary/aromatic N) is 2. The first-order chi connectivity index (χ1) is 15.6. The second kappa shape index (κ2) is 9.11. The van der Waals surface area contributed by atoms with Crippen molar-refractivity contribution >= 4 is 34.7 Å². The van der Waals surface area contributed by atoms with Crippen LogP contribution in [0.4, 0.5) is 0 Å². The minimum Gasteiger partial charge on any atom is -0.357 e. The molecule has 1 N–H and O–H groups in total. The Bertz CT molecular complexity index is 1210. The van der Waals surface area contributed by atoms with Gasteiger partial charge in [0.15, 0.2) is 5.78 Å². The van der Waals surface area contributed by atoms with Crippen molar-refractivity contribution in [3.8, 4) is 0 Å². The molecule has 4 nitrogen and oxygen atoms in total. The number of benzene rings is 2. The van der Waals surface area contributed by atoms with Gasteiger partial charge in [-0.25, -0.2) is 0 Å². The SMILES string of the molecule is C/N=C/c1ccc2c3c([nH]c2c1)C(C)(C)c1cc(SCCN(C(C)C)C(C)C)ccc1C3=O. The predicted octanol–water partition coefficient (Wildman–Crippen LogP) is 6.30. The third-order valence-electron chi connectivity index (χ3n) is 6.81. The van der Waals surface area contributed by atoms with E-state index in [-0.39, 0.29) is 11.2 Å². The Morgan fingerprint density at radius 3 is 2.48 bits per heavy atom. The second-order valence-corrected chi connectivity index (χ2v) is 11.2. The Morgan fingerprint density at radius 2 is 1.82 bits per heavy atom. The zero-order valence-electron chi connectivity index (χ0n) is 20.8. The number of ketones is 1. The van der Waals surface area contributed by atoms with Crippen LogP contribution in [0.25, 0.3) is 10.9 Å². The van der Waals surface area contributed by atoms with Gasteiger partial charge in [0.05, 0.1) is 5.56 Å². The van der Waals surface area contributed by atoms with Crippen LogP contribution in [0.15, 0.2) is 46.3 Å². The monoisotopic (exact) mass is 461 g/mol. The van der Waals surface area contributed by atoms with Crippen LogP contribution in [0.5, 0.6) is 0 Å². The largest absolute Gasteiger partial charge is 0.357 e. The quantitative estimate of drug-likeness (QED) is 0.332. The van der Waals surface area contributed by atoms with Gasteiger partial charge in [0, 0.05) is 70.1 Å². The number of thioether (sulfide) groups is 1. The van der Waals surface area contributed by atoms with Gasteiger partial charge in [-0.15, -0.1) is 11.8 Å². The maximum atomic E-state index is 13.6. The molecule has 0 amide bonds. The van der Waals surface area contributed by atoms with Gasteiger partial charge in [-0.3, -0.25) is 14.7 Å². The normalized spacial score (nSPS) is 15.3. The fourth-order valence-corrected chi connectivity index (χ4v) is 6.03. The number of carbonyl (C=O) groups excluding carboxylic acids is 1. The lowest BCUT2D eigenvalue weighted by molar-refractivity contribution is 0.103. The van der Waals surface area contributed by atoms with Gasteiger partial charge in [0.1, 0.15) is 0 Å². The first kappa shape index (κ1) is 23.8. The van der Waals surface area contributed by atoms with Gasteiger partial charge >= 0.3 is 0 Å². The molecule has 0 saturated heterocycles. The first-order valence-electron chi connectivity index (χ1n) is 11.8. The molecule has 0 aliphatic heterocycles. The summed E-state index contributed by atoms with van der Waals surface area (Å²) in [6.07, 6.45) is 1.84. The summed E-state index contributed by atoms with van der Waals surface area (Å²) >= 11 is 1.87. The first-order valence-corrected chi connectivity index (χ1v) is 12.8. The summed E-state index contributed by atoms with van der Waals surface area (Å²) in [6.45, 7) is 14.5. The van der Waals surface area contributed by atoms with E-state index in [1.165, 1.54) is 4.90 Å². The van der Waals surface area contributed by atoms with E-state index in [4.69, 9.17) is 0 Å². The lowest BCUT2D eigenvalue weighted by Crippen LogP contribution is -2.38. The molecule has 33 heavy (non-hydrogen) atoms. The maximum Gasteiger partial charge on any atom is 0.195 e. The molecule has 0 bridgehead atoms. The van der Waals surface area contributed by atoms with E-state index in [9.17, 15) is 4.79 Å². The van der Waals surface area contributed by atoms with E-state index >= 15 is 0 Å². The second-order valence-electron chi connectivity index (χ2n) is 10.0. The van der Waals surface area contributed by atoms with E-state index in [0.717, 1.165) is 51.1 Å². The third-order valence-corrected chi connectivity index (χ3v) is 7.78. The topological polar surface area (TPSA) is 48.5 Å². The average molecular weight is 462 g/mol. The molecular formula is C28H35N3OS. The van der Waals surface area contributed by atoms with Crippen LogP contribution in [-0.2, 0) is 5.41 Å². The standard InChI is InChI=1S/C28H35N3OS/c1-17(2)31(18(3)4)12-13-33-20-9-11-21-23(15-20)28(5,6)27-25(26(21)32)22-10-8-19(16-29-7)14-24(22)30-27/h8-11,14-18,30H,12-13H2,1-7H3/b29-16+. The maximum absolute atomic E-state index is 13.6. The number of rotatable bonds is 7. The minimum atomic E-state index is -0.283. The molecule has 0 radical (unpaired) electrons. The van der Waals surface area contributed by atoms with E-state index in [1.807, 2.05) is 36.2 Å². The van der Waals surface area contributed by atoms with E-state index in [0.29, 0.717) is 12.1 Å². The van der Waals surface area contributed by atoms with Crippen LogP contribution in [0.1, 0.15) is 74.3 Å². The Balaban J connectivity index is 1.66. The number of H-pyrrole nitrogens is 1. The molecule has 1 heterocycles. The highest BCUT2D eigenvalue weighted by Gasteiger charge is 2.39. The van der Waals surface area contributed by atoms with Crippen molar-refractivity contribution < 1.29 is 4.79 Å². The molecule has 0 saturated carbocycles. The van der Waals surface area contributed by atoms with Gasteiger partial charge in [0.25, 0.3) is 0 Å². The lowest BCUT2D eigenvalue weighted by Gasteiger charge is -2.32. The molecule has 0 unspecified atom stereocenters. The van der Waals surface area contributed by atoms with Crippen molar-refractivity contribution in [1.29, 1.82) is 0 Å². The molecule has 4 rings (SSSR count). The van der Waals surface area contributed by atoms with Crippen molar-refractivity contribution in [2.24, 2.45) is 4.99 Å². The number of nitrogens with one attached hydrogen (secondary N) is 1. The third kappa shape index (κ3) is 4.29. The Labute approximate surface area is 201 Å². The molecule has 0 atom stereocenters. The number of aromatic nitrogens is 1. The summed E-state index contributed by atoms with van der Waals surface area (Å²) in [5.74, 6) is 1.15. The van der Waals surface area contributed by atoms with Crippen LogP contribution >= 0.6 is 11.8 Å². The van der Waals surface area contributed by atoms with Gasteiger partial charge in [-0.1, -0.05) is 26.0 Å². The smallest absolute Gasteiger partial charge is 0.195 e. The van der Waals surface area contributed by atoms with E-state index in [1.54, 1.807) is 7.05 Å². The van der Waals surface area contributed by atoms with Gasteiger partial charge in [-0.05, 0) is 63.1 Å². The predicted molar refractivity (Wildman–Crippen MR) is 142 cm³/mol. The summed E-state index contributed by atoms with van der Waals surface area (Å²) in [5.41, 5.74) is 5.49. The number of aliphatic imine (C=N–C) groups is 1. The number of carbonyl (C=O) groups is 1. The average Bonchev–Trinajstić information content (AvgIpc) is 3.15. The van der Waals surface area contributed by atoms with Crippen LogP contribution in [-0.4, -0.2) is 53.3 Å². The summed E-state index contributed by atoms with van der Waals surface area (Å²) in [7, 11) is 1.77. The molecule has 174 valence electrons. The number of hydrogen-bond acceptors (Lipinski definition) is 4. The number of hydrogen-bond donors (Lipinski definition) is 1. The fourth-order valence-electron chi connectivity index (χ4n) is 5.13. The molecular weight excluding hydrogens is 426 g/mol. The van der Waals surface area contributed by atoms with Crippen LogP contribution in [0.2, 0.25) is 0 Å². The molecule has 0 fully saturated rings. The summed E-state index contributed by atoms with van der Waals surface area (Å²) < 4.78 is 0. The summed E-state index contributed by atoms with van der Waals surface area (Å²) in [4.78, 5) is 25.0. The summed E-state index contributed by atoms with van der Waals surface area (Å²) in [6, 6.07) is 13.6. The molecule has 5 heteroatoms. The Hall–Kier alpha value is -2.37. The Morgan fingerprint density at radius 1 is 1.09 bits per heavy atom. The molecule has 0 spiro atoms. The molecule has 1 aliphatic carbocycles. The fraction of sp³-hybridized carbons (Fsp3) is 0.429. The molecule has 1 aliphatic rings. The number of fused-ring (bicyclic) bond motifs is 4. The Kier molecular flexibility index (Phi) is 6.56. The lowest BCUT2D eigenvalue weighted by atomic mass is 9.71. The highest BCUT2D eigenvalue weighted by atomic mass is 32.2.